The van der Waals surface area contributed by atoms with Gasteiger partial charge in [-0.15, -0.1) is 11.5 Å². The summed E-state index contributed by atoms with van der Waals surface area (Å²) in [4.78, 5) is 0. The van der Waals surface area contributed by atoms with E-state index in [1.54, 1.807) is 0 Å². The lowest BCUT2D eigenvalue weighted by molar-refractivity contribution is 0.941. The molecule has 0 N–H and O–H groups in total. The Morgan fingerprint density at radius 1 is 1.00 bits per heavy atom. The molecule has 0 aromatic carbocycles. The largest absolute Gasteiger partial charge is 0.132 e. The van der Waals surface area contributed by atoms with E-state index in [0.717, 1.165) is 12.8 Å². The first kappa shape index (κ1) is 16.3. The predicted molar refractivity (Wildman–Crippen MR) is 82.8 cm³/mol. The Morgan fingerprint density at radius 2 is 1.65 bits per heavy atom. The minimum Gasteiger partial charge on any atom is -0.132 e. The van der Waals surface area contributed by atoms with E-state index >= 15 is 0 Å². The number of hydrogen-bond donors (Lipinski definition) is 0. The van der Waals surface area contributed by atoms with Crippen LogP contribution in [0.4, 0.5) is 0 Å². The molecule has 0 aliphatic heterocycles. The number of unbranched alkanes of at least 4 members (excludes halogenated alkanes) is 1. The second kappa shape index (κ2) is 8.36. The van der Waals surface area contributed by atoms with E-state index in [2.05, 4.69) is 64.0 Å². The summed E-state index contributed by atoms with van der Waals surface area (Å²) in [6.45, 7) is 13.4. The molecule has 0 unspecified atom stereocenters. The standard InChI is InChI=1S/C16H28Si/c1-15(2)11-10-13-16(3)12-8-7-9-14-17(4,5)6/h11-12H,7-8,10,13H2,1-6H3. The SMILES string of the molecule is CC(C)=CCCC(C)=CCCC#C[Si](C)(C)C. The molecule has 0 fully saturated rings. The van der Waals surface area contributed by atoms with Crippen molar-refractivity contribution in [2.24, 2.45) is 0 Å². The molecule has 0 bridgehead atoms. The molecule has 0 radical (unpaired) electrons. The van der Waals surface area contributed by atoms with Gasteiger partial charge in [0.15, 0.2) is 0 Å². The molecule has 0 aliphatic carbocycles. The Bertz CT molecular complexity index is 325. The quantitative estimate of drug-likeness (QED) is 0.267. The Morgan fingerprint density at radius 3 is 2.18 bits per heavy atom. The van der Waals surface area contributed by atoms with Crippen molar-refractivity contribution in [3.05, 3.63) is 23.3 Å². The third-order valence-electron chi connectivity index (χ3n) is 2.32. The van der Waals surface area contributed by atoms with Crippen molar-refractivity contribution in [1.82, 2.24) is 0 Å². The topological polar surface area (TPSA) is 0 Å². The van der Waals surface area contributed by atoms with Crippen LogP contribution >= 0.6 is 0 Å². The van der Waals surface area contributed by atoms with Gasteiger partial charge in [0.1, 0.15) is 8.07 Å². The maximum atomic E-state index is 3.40. The predicted octanol–water partition coefficient (Wildman–Crippen LogP) is 5.34. The summed E-state index contributed by atoms with van der Waals surface area (Å²) in [6.07, 6.45) is 9.14. The molecule has 0 aliphatic rings. The Labute approximate surface area is 109 Å². The summed E-state index contributed by atoms with van der Waals surface area (Å²) in [5, 5.41) is 0. The fourth-order valence-corrected chi connectivity index (χ4v) is 2.06. The van der Waals surface area contributed by atoms with Crippen LogP contribution in [0.3, 0.4) is 0 Å². The summed E-state index contributed by atoms with van der Waals surface area (Å²) in [7, 11) is -1.16. The van der Waals surface area contributed by atoms with Gasteiger partial charge in [0.2, 0.25) is 0 Å². The second-order valence-corrected chi connectivity index (χ2v) is 10.7. The van der Waals surface area contributed by atoms with Gasteiger partial charge in [-0.3, -0.25) is 0 Å². The Kier molecular flexibility index (Phi) is 8.00. The van der Waals surface area contributed by atoms with Crippen molar-refractivity contribution < 1.29 is 0 Å². The van der Waals surface area contributed by atoms with Crippen molar-refractivity contribution in [2.75, 3.05) is 0 Å². The van der Waals surface area contributed by atoms with Crippen molar-refractivity contribution in [1.29, 1.82) is 0 Å². The molecule has 0 spiro atoms. The highest BCUT2D eigenvalue weighted by molar-refractivity contribution is 6.83. The summed E-state index contributed by atoms with van der Waals surface area (Å²) < 4.78 is 0. The molecule has 0 nitrogen and oxygen atoms in total. The van der Waals surface area contributed by atoms with Crippen LogP contribution in [0.5, 0.6) is 0 Å². The zero-order valence-electron chi connectivity index (χ0n) is 12.5. The molecule has 0 atom stereocenters. The monoisotopic (exact) mass is 248 g/mol. The van der Waals surface area contributed by atoms with Crippen LogP contribution in [-0.2, 0) is 0 Å². The summed E-state index contributed by atoms with van der Waals surface area (Å²) in [5.74, 6) is 3.31. The minimum absolute atomic E-state index is 1.02. The van der Waals surface area contributed by atoms with Gasteiger partial charge in [0.25, 0.3) is 0 Å². The minimum atomic E-state index is -1.16. The number of hydrogen-bond acceptors (Lipinski definition) is 0. The summed E-state index contributed by atoms with van der Waals surface area (Å²) in [6, 6.07) is 0. The third-order valence-corrected chi connectivity index (χ3v) is 3.24. The lowest BCUT2D eigenvalue weighted by atomic mass is 10.1. The first-order valence-corrected chi connectivity index (χ1v) is 10.1. The fraction of sp³-hybridized carbons (Fsp3) is 0.625. The lowest BCUT2D eigenvalue weighted by Crippen LogP contribution is -2.16. The number of rotatable bonds is 5. The summed E-state index contributed by atoms with van der Waals surface area (Å²) >= 11 is 0. The highest BCUT2D eigenvalue weighted by Gasteiger charge is 2.06. The average molecular weight is 248 g/mol. The van der Waals surface area contributed by atoms with E-state index in [1.807, 2.05) is 0 Å². The van der Waals surface area contributed by atoms with Crippen LogP contribution in [0.2, 0.25) is 19.6 Å². The zero-order chi connectivity index (χ0) is 13.3. The molecule has 1 heteroatoms. The highest BCUT2D eigenvalue weighted by Crippen LogP contribution is 2.08. The van der Waals surface area contributed by atoms with Crippen LogP contribution in [-0.4, -0.2) is 8.07 Å². The van der Waals surface area contributed by atoms with Crippen molar-refractivity contribution >= 4 is 8.07 Å². The maximum Gasteiger partial charge on any atom is 0.129 e. The molecular weight excluding hydrogens is 220 g/mol. The van der Waals surface area contributed by atoms with E-state index in [4.69, 9.17) is 0 Å². The molecule has 0 saturated heterocycles. The van der Waals surface area contributed by atoms with Crippen LogP contribution in [0.1, 0.15) is 46.5 Å². The molecule has 0 aromatic heterocycles. The molecule has 0 amide bonds. The number of allylic oxidation sites excluding steroid dienone is 4. The first-order valence-electron chi connectivity index (χ1n) is 6.60. The normalized spacial score (nSPS) is 11.8. The van der Waals surface area contributed by atoms with Gasteiger partial charge in [-0.1, -0.05) is 42.9 Å². The van der Waals surface area contributed by atoms with Gasteiger partial charge in [-0.05, 0) is 40.0 Å². The van der Waals surface area contributed by atoms with Crippen molar-refractivity contribution in [3.8, 4) is 11.5 Å². The molecule has 0 rings (SSSR count). The Balaban J connectivity index is 3.84. The fourth-order valence-electron chi connectivity index (χ4n) is 1.41. The van der Waals surface area contributed by atoms with Gasteiger partial charge in [0, 0.05) is 6.42 Å². The van der Waals surface area contributed by atoms with E-state index < -0.39 is 8.07 Å². The van der Waals surface area contributed by atoms with Gasteiger partial charge >= 0.3 is 0 Å². The molecule has 0 heterocycles. The summed E-state index contributed by atoms with van der Waals surface area (Å²) in [5.41, 5.74) is 6.32. The van der Waals surface area contributed by atoms with E-state index in [9.17, 15) is 0 Å². The van der Waals surface area contributed by atoms with Gasteiger partial charge in [0.05, 0.1) is 0 Å². The second-order valence-electron chi connectivity index (χ2n) is 5.96. The Hall–Kier alpha value is -0.743. The van der Waals surface area contributed by atoms with Crippen LogP contribution < -0.4 is 0 Å². The van der Waals surface area contributed by atoms with Gasteiger partial charge in [-0.2, -0.15) is 0 Å². The molecule has 0 aromatic rings. The molecule has 96 valence electrons. The van der Waals surface area contributed by atoms with Crippen molar-refractivity contribution in [3.63, 3.8) is 0 Å². The average Bonchev–Trinajstić information content (AvgIpc) is 2.14. The molecular formula is C16H28Si. The van der Waals surface area contributed by atoms with Crippen LogP contribution in [0.25, 0.3) is 0 Å². The van der Waals surface area contributed by atoms with Gasteiger partial charge < -0.3 is 0 Å². The maximum absolute atomic E-state index is 3.40. The highest BCUT2D eigenvalue weighted by atomic mass is 28.3. The van der Waals surface area contributed by atoms with Crippen LogP contribution in [0, 0.1) is 11.5 Å². The van der Waals surface area contributed by atoms with Gasteiger partial charge in [-0.25, -0.2) is 0 Å². The van der Waals surface area contributed by atoms with E-state index in [1.165, 1.54) is 24.0 Å². The molecule has 17 heavy (non-hydrogen) atoms. The van der Waals surface area contributed by atoms with E-state index in [-0.39, 0.29) is 0 Å². The first-order chi connectivity index (χ1) is 7.81. The zero-order valence-corrected chi connectivity index (χ0v) is 13.5. The third kappa shape index (κ3) is 13.2. The lowest BCUT2D eigenvalue weighted by Gasteiger charge is -2.03. The van der Waals surface area contributed by atoms with E-state index in [0.29, 0.717) is 0 Å². The van der Waals surface area contributed by atoms with Crippen LogP contribution in [0.15, 0.2) is 23.3 Å². The van der Waals surface area contributed by atoms with Crippen molar-refractivity contribution in [2.45, 2.75) is 66.1 Å². The molecule has 0 saturated carbocycles. The smallest absolute Gasteiger partial charge is 0.129 e.